The number of carbonyl (C=O) groups excluding carboxylic acids is 2. The standard InChI is InChI=1S/C23H22ClN5O4S/c1-16(30)26-8-10-27(11-9-26)20-7-6-17(14-21(20)29(32)33)22(31)25-23-28(12-13-34-23)15-18-4-2-3-5-19(18)24/h2-7,12-14H,8-11,15H2,1H3. The lowest BCUT2D eigenvalue weighted by atomic mass is 10.1. The van der Waals surface area contributed by atoms with Crippen molar-refractivity contribution in [1.29, 1.82) is 0 Å². The molecule has 1 aliphatic heterocycles. The van der Waals surface area contributed by atoms with Gasteiger partial charge in [-0.1, -0.05) is 29.8 Å². The Morgan fingerprint density at radius 1 is 1.15 bits per heavy atom. The Hall–Kier alpha value is -3.50. The number of nitrogens with zero attached hydrogens (tertiary/aromatic N) is 5. The van der Waals surface area contributed by atoms with Crippen molar-refractivity contribution in [2.24, 2.45) is 4.99 Å². The lowest BCUT2D eigenvalue weighted by Crippen LogP contribution is -2.48. The van der Waals surface area contributed by atoms with Crippen molar-refractivity contribution in [3.8, 4) is 0 Å². The molecule has 0 radical (unpaired) electrons. The van der Waals surface area contributed by atoms with Crippen molar-refractivity contribution in [3.05, 3.63) is 85.1 Å². The van der Waals surface area contributed by atoms with Gasteiger partial charge in [0.25, 0.3) is 11.6 Å². The van der Waals surface area contributed by atoms with E-state index in [4.69, 9.17) is 11.6 Å². The molecule has 0 spiro atoms. The number of nitro benzene ring substituents is 1. The molecule has 0 atom stereocenters. The molecular formula is C23H22ClN5O4S. The van der Waals surface area contributed by atoms with E-state index in [2.05, 4.69) is 4.99 Å². The number of rotatable bonds is 5. The van der Waals surface area contributed by atoms with Gasteiger partial charge in [0.2, 0.25) is 5.91 Å². The SMILES string of the molecule is CC(=O)N1CCN(c2ccc(C(=O)N=c3sccn3Cc3ccccc3Cl)cc2[N+](=O)[O-])CC1. The van der Waals surface area contributed by atoms with Gasteiger partial charge in [-0.05, 0) is 23.8 Å². The quantitative estimate of drug-likeness (QED) is 0.394. The molecular weight excluding hydrogens is 478 g/mol. The minimum absolute atomic E-state index is 0.0166. The van der Waals surface area contributed by atoms with Gasteiger partial charge in [-0.3, -0.25) is 19.7 Å². The molecule has 2 heterocycles. The minimum atomic E-state index is -0.564. The van der Waals surface area contributed by atoms with E-state index in [1.165, 1.54) is 24.3 Å². The first-order valence-corrected chi connectivity index (χ1v) is 11.8. The third-order valence-electron chi connectivity index (χ3n) is 5.64. The zero-order valence-corrected chi connectivity index (χ0v) is 20.0. The molecule has 3 aromatic rings. The molecule has 1 fully saturated rings. The molecule has 34 heavy (non-hydrogen) atoms. The highest BCUT2D eigenvalue weighted by Gasteiger charge is 2.26. The van der Waals surface area contributed by atoms with Crippen molar-refractivity contribution >= 4 is 46.1 Å². The van der Waals surface area contributed by atoms with Crippen LogP contribution in [0.4, 0.5) is 11.4 Å². The van der Waals surface area contributed by atoms with Gasteiger partial charge < -0.3 is 14.4 Å². The van der Waals surface area contributed by atoms with E-state index in [-0.39, 0.29) is 17.2 Å². The minimum Gasteiger partial charge on any atom is -0.362 e. The fraction of sp³-hybridized carbons (Fsp3) is 0.261. The average Bonchev–Trinajstić information content (AvgIpc) is 3.26. The van der Waals surface area contributed by atoms with Crippen LogP contribution in [0.3, 0.4) is 0 Å². The number of nitro groups is 1. The average molecular weight is 500 g/mol. The lowest BCUT2D eigenvalue weighted by Gasteiger charge is -2.35. The van der Waals surface area contributed by atoms with Crippen LogP contribution in [-0.2, 0) is 11.3 Å². The highest BCUT2D eigenvalue weighted by atomic mass is 35.5. The van der Waals surface area contributed by atoms with E-state index in [0.29, 0.717) is 48.2 Å². The molecule has 0 aliphatic carbocycles. The van der Waals surface area contributed by atoms with Crippen molar-refractivity contribution in [2.45, 2.75) is 13.5 Å². The van der Waals surface area contributed by atoms with E-state index in [1.54, 1.807) is 27.7 Å². The van der Waals surface area contributed by atoms with Gasteiger partial charge in [0.1, 0.15) is 5.69 Å². The third kappa shape index (κ3) is 5.18. The van der Waals surface area contributed by atoms with Crippen LogP contribution < -0.4 is 9.70 Å². The fourth-order valence-electron chi connectivity index (χ4n) is 3.80. The first kappa shape index (κ1) is 23.7. The second kappa shape index (κ2) is 10.2. The van der Waals surface area contributed by atoms with E-state index >= 15 is 0 Å². The summed E-state index contributed by atoms with van der Waals surface area (Å²) in [5.41, 5.74) is 1.29. The Balaban J connectivity index is 1.58. The molecule has 176 valence electrons. The topological polar surface area (TPSA) is 101 Å². The number of aromatic nitrogens is 1. The molecule has 0 unspecified atom stereocenters. The highest BCUT2D eigenvalue weighted by molar-refractivity contribution is 7.07. The number of amides is 2. The second-order valence-corrected chi connectivity index (χ2v) is 9.06. The molecule has 0 N–H and O–H groups in total. The maximum Gasteiger partial charge on any atom is 0.293 e. The van der Waals surface area contributed by atoms with Crippen LogP contribution in [0.1, 0.15) is 22.8 Å². The summed E-state index contributed by atoms with van der Waals surface area (Å²) < 4.78 is 1.81. The summed E-state index contributed by atoms with van der Waals surface area (Å²) in [6.45, 7) is 3.90. The van der Waals surface area contributed by atoms with Crippen LogP contribution in [-0.4, -0.2) is 52.4 Å². The maximum atomic E-state index is 12.9. The summed E-state index contributed by atoms with van der Waals surface area (Å²) in [4.78, 5) is 44.0. The molecule has 9 nitrogen and oxygen atoms in total. The second-order valence-electron chi connectivity index (χ2n) is 7.78. The van der Waals surface area contributed by atoms with Crippen molar-refractivity contribution in [1.82, 2.24) is 9.47 Å². The number of hydrogen-bond acceptors (Lipinski definition) is 6. The molecule has 1 saturated heterocycles. The first-order valence-electron chi connectivity index (χ1n) is 10.6. The zero-order valence-electron chi connectivity index (χ0n) is 18.4. The Morgan fingerprint density at radius 3 is 2.56 bits per heavy atom. The van der Waals surface area contributed by atoms with Gasteiger partial charge in [0.05, 0.1) is 11.5 Å². The number of piperazine rings is 1. The van der Waals surface area contributed by atoms with Gasteiger partial charge >= 0.3 is 0 Å². The van der Waals surface area contributed by atoms with Crippen LogP contribution in [0.2, 0.25) is 5.02 Å². The predicted molar refractivity (Wildman–Crippen MR) is 130 cm³/mol. The van der Waals surface area contributed by atoms with Gasteiger partial charge in [0, 0.05) is 61.3 Å². The van der Waals surface area contributed by atoms with Crippen molar-refractivity contribution < 1.29 is 14.5 Å². The Labute approximate surface area is 204 Å². The molecule has 0 saturated carbocycles. The number of halogens is 1. The largest absolute Gasteiger partial charge is 0.362 e. The number of benzene rings is 2. The molecule has 1 aliphatic rings. The highest BCUT2D eigenvalue weighted by Crippen LogP contribution is 2.30. The Morgan fingerprint density at radius 2 is 1.88 bits per heavy atom. The van der Waals surface area contributed by atoms with Gasteiger partial charge in [0.15, 0.2) is 4.80 Å². The predicted octanol–water partition coefficient (Wildman–Crippen LogP) is 3.57. The van der Waals surface area contributed by atoms with Crippen LogP contribution in [0.15, 0.2) is 59.0 Å². The van der Waals surface area contributed by atoms with E-state index in [0.717, 1.165) is 5.56 Å². The number of carbonyl (C=O) groups is 2. The number of hydrogen-bond donors (Lipinski definition) is 0. The van der Waals surface area contributed by atoms with Gasteiger partial charge in [-0.25, -0.2) is 0 Å². The molecule has 11 heteroatoms. The lowest BCUT2D eigenvalue weighted by molar-refractivity contribution is -0.384. The summed E-state index contributed by atoms with van der Waals surface area (Å²) in [5, 5.41) is 14.2. The van der Waals surface area contributed by atoms with Crippen molar-refractivity contribution in [3.63, 3.8) is 0 Å². The molecule has 0 bridgehead atoms. The summed E-state index contributed by atoms with van der Waals surface area (Å²) in [6, 6.07) is 11.8. The fourth-order valence-corrected chi connectivity index (χ4v) is 4.72. The van der Waals surface area contributed by atoms with Crippen molar-refractivity contribution in [2.75, 3.05) is 31.1 Å². The third-order valence-corrected chi connectivity index (χ3v) is 6.80. The Kier molecular flexibility index (Phi) is 7.09. The van der Waals surface area contributed by atoms with E-state index in [1.807, 2.05) is 34.7 Å². The maximum absolute atomic E-state index is 12.9. The zero-order chi connectivity index (χ0) is 24.2. The summed E-state index contributed by atoms with van der Waals surface area (Å²) in [7, 11) is 0. The van der Waals surface area contributed by atoms with Crippen LogP contribution >= 0.6 is 22.9 Å². The molecule has 2 aromatic carbocycles. The van der Waals surface area contributed by atoms with Gasteiger partial charge in [-0.15, -0.1) is 11.3 Å². The van der Waals surface area contributed by atoms with Crippen LogP contribution in [0.5, 0.6) is 0 Å². The molecule has 2 amide bonds. The molecule has 1 aromatic heterocycles. The monoisotopic (exact) mass is 499 g/mol. The van der Waals surface area contributed by atoms with E-state index < -0.39 is 10.8 Å². The molecule has 4 rings (SSSR count). The number of thiazole rings is 1. The Bertz CT molecular complexity index is 1310. The first-order chi connectivity index (χ1) is 16.3. The summed E-state index contributed by atoms with van der Waals surface area (Å²) >= 11 is 7.54. The summed E-state index contributed by atoms with van der Waals surface area (Å²) in [5.74, 6) is -0.580. The smallest absolute Gasteiger partial charge is 0.293 e. The summed E-state index contributed by atoms with van der Waals surface area (Å²) in [6.07, 6.45) is 1.81. The normalized spacial score (nSPS) is 14.4. The van der Waals surface area contributed by atoms with Gasteiger partial charge in [-0.2, -0.15) is 4.99 Å². The van der Waals surface area contributed by atoms with Crippen LogP contribution in [0.25, 0.3) is 0 Å². The number of anilines is 1. The van der Waals surface area contributed by atoms with Crippen LogP contribution in [0, 0.1) is 10.1 Å². The van der Waals surface area contributed by atoms with E-state index in [9.17, 15) is 19.7 Å².